The van der Waals surface area contributed by atoms with Crippen LogP contribution in [0.1, 0.15) is 33.1 Å². The van der Waals surface area contributed by atoms with Gasteiger partial charge in [-0.2, -0.15) is 0 Å². The van der Waals surface area contributed by atoms with Crippen LogP contribution in [0.15, 0.2) is 0 Å². The van der Waals surface area contributed by atoms with Gasteiger partial charge >= 0.3 is 0 Å². The largest absolute Gasteiger partial charge is 0.273 e. The van der Waals surface area contributed by atoms with Crippen molar-refractivity contribution in [1.82, 2.24) is 10.4 Å². The van der Waals surface area contributed by atoms with Gasteiger partial charge in [0.05, 0.1) is 6.54 Å². The van der Waals surface area contributed by atoms with Crippen LogP contribution in [0.25, 0.3) is 0 Å². The first-order valence-electron chi connectivity index (χ1n) is 5.19. The van der Waals surface area contributed by atoms with E-state index in [2.05, 4.69) is 17.3 Å². The Morgan fingerprint density at radius 1 is 1.67 bits per heavy atom. The smallest absolute Gasteiger partial charge is 0.242 e. The van der Waals surface area contributed by atoms with Crippen molar-refractivity contribution in [2.24, 2.45) is 5.92 Å². The van der Waals surface area contributed by atoms with Gasteiger partial charge in [-0.1, -0.05) is 12.8 Å². The van der Waals surface area contributed by atoms with Gasteiger partial charge in [0, 0.05) is 18.8 Å². The van der Waals surface area contributed by atoms with E-state index in [1.165, 1.54) is 5.01 Å². The zero-order chi connectivity index (χ0) is 11.3. The fourth-order valence-electron chi connectivity index (χ4n) is 1.55. The fraction of sp³-hybridized carbons (Fsp3) is 0.636. The van der Waals surface area contributed by atoms with E-state index in [0.717, 1.165) is 6.42 Å². The Morgan fingerprint density at radius 2 is 2.40 bits per heavy atom. The van der Waals surface area contributed by atoms with Crippen molar-refractivity contribution in [3.05, 3.63) is 0 Å². The number of carbonyl (C=O) groups is 2. The summed E-state index contributed by atoms with van der Waals surface area (Å²) in [6.07, 6.45) is 1.65. The topological polar surface area (TPSA) is 49.4 Å². The van der Waals surface area contributed by atoms with Crippen LogP contribution in [0.2, 0.25) is 0 Å². The van der Waals surface area contributed by atoms with E-state index in [1.807, 2.05) is 6.92 Å². The molecular formula is C11H16N2O2. The van der Waals surface area contributed by atoms with Crippen molar-refractivity contribution in [1.29, 1.82) is 0 Å². The van der Waals surface area contributed by atoms with Gasteiger partial charge in [0.1, 0.15) is 0 Å². The Balaban J connectivity index is 2.46. The van der Waals surface area contributed by atoms with E-state index in [-0.39, 0.29) is 17.7 Å². The fourth-order valence-corrected chi connectivity index (χ4v) is 1.55. The third-order valence-corrected chi connectivity index (χ3v) is 2.21. The molecule has 1 aliphatic rings. The lowest BCUT2D eigenvalue weighted by Crippen LogP contribution is -2.43. The molecule has 1 unspecified atom stereocenters. The van der Waals surface area contributed by atoms with Gasteiger partial charge in [-0.25, -0.2) is 0 Å². The van der Waals surface area contributed by atoms with Crippen LogP contribution in [0, 0.1) is 17.8 Å². The monoisotopic (exact) mass is 208 g/mol. The van der Waals surface area contributed by atoms with E-state index in [9.17, 15) is 9.59 Å². The molecule has 0 aromatic heterocycles. The van der Waals surface area contributed by atoms with Crippen molar-refractivity contribution >= 4 is 11.8 Å². The van der Waals surface area contributed by atoms with Gasteiger partial charge in [-0.15, -0.1) is 5.92 Å². The summed E-state index contributed by atoms with van der Waals surface area (Å²) in [4.78, 5) is 22.7. The average Bonchev–Trinajstić information content (AvgIpc) is 2.48. The second-order valence-electron chi connectivity index (χ2n) is 3.58. The minimum Gasteiger partial charge on any atom is -0.273 e. The Morgan fingerprint density at radius 3 is 3.00 bits per heavy atom. The molecular weight excluding hydrogens is 192 g/mol. The number of nitrogens with one attached hydrogen (secondary N) is 1. The van der Waals surface area contributed by atoms with Crippen LogP contribution in [0.4, 0.5) is 0 Å². The highest BCUT2D eigenvalue weighted by molar-refractivity contribution is 5.83. The van der Waals surface area contributed by atoms with E-state index in [0.29, 0.717) is 19.4 Å². The summed E-state index contributed by atoms with van der Waals surface area (Å²) in [5.41, 5.74) is 2.60. The van der Waals surface area contributed by atoms with Crippen LogP contribution in [0.5, 0.6) is 0 Å². The molecule has 0 saturated carbocycles. The lowest BCUT2D eigenvalue weighted by atomic mass is 10.1. The van der Waals surface area contributed by atoms with E-state index >= 15 is 0 Å². The van der Waals surface area contributed by atoms with Crippen molar-refractivity contribution in [2.75, 3.05) is 6.54 Å². The summed E-state index contributed by atoms with van der Waals surface area (Å²) in [6.45, 7) is 4.19. The van der Waals surface area contributed by atoms with E-state index in [4.69, 9.17) is 0 Å². The van der Waals surface area contributed by atoms with Crippen molar-refractivity contribution in [3.63, 3.8) is 0 Å². The number of hydrogen-bond donors (Lipinski definition) is 1. The average molecular weight is 208 g/mol. The van der Waals surface area contributed by atoms with Crippen molar-refractivity contribution < 1.29 is 9.59 Å². The Kier molecular flexibility index (Phi) is 4.17. The van der Waals surface area contributed by atoms with E-state index in [1.54, 1.807) is 6.92 Å². The molecule has 1 rings (SSSR count). The molecule has 2 amide bonds. The number of carbonyl (C=O) groups excluding carboxylic acids is 2. The quantitative estimate of drug-likeness (QED) is 0.694. The zero-order valence-electron chi connectivity index (χ0n) is 9.17. The Bertz CT molecular complexity index is 314. The minimum atomic E-state index is -0.101. The summed E-state index contributed by atoms with van der Waals surface area (Å²) in [5, 5.41) is 1.38. The molecule has 0 radical (unpaired) electrons. The van der Waals surface area contributed by atoms with Crippen LogP contribution < -0.4 is 5.43 Å². The van der Waals surface area contributed by atoms with Gasteiger partial charge in [-0.3, -0.25) is 20.0 Å². The SMILES string of the molecule is CC#CC1CC(=O)N(NC(=O)CCC)C1. The first kappa shape index (κ1) is 11.6. The highest BCUT2D eigenvalue weighted by Gasteiger charge is 2.29. The maximum Gasteiger partial charge on any atom is 0.242 e. The summed E-state index contributed by atoms with van der Waals surface area (Å²) in [7, 11) is 0. The van der Waals surface area contributed by atoms with Crippen LogP contribution in [0.3, 0.4) is 0 Å². The number of hydrazine groups is 1. The van der Waals surface area contributed by atoms with Gasteiger partial charge < -0.3 is 0 Å². The Labute approximate surface area is 90.0 Å². The molecule has 1 atom stereocenters. The molecule has 0 bridgehead atoms. The zero-order valence-corrected chi connectivity index (χ0v) is 9.17. The third-order valence-electron chi connectivity index (χ3n) is 2.21. The number of amides is 2. The third kappa shape index (κ3) is 3.28. The van der Waals surface area contributed by atoms with Gasteiger partial charge in [0.15, 0.2) is 0 Å². The highest BCUT2D eigenvalue weighted by atomic mass is 16.2. The lowest BCUT2D eigenvalue weighted by Gasteiger charge is -2.16. The summed E-state index contributed by atoms with van der Waals surface area (Å²) in [6, 6.07) is 0. The molecule has 82 valence electrons. The molecule has 1 fully saturated rings. The molecule has 1 N–H and O–H groups in total. The van der Waals surface area contributed by atoms with E-state index < -0.39 is 0 Å². The number of nitrogens with zero attached hydrogens (tertiary/aromatic N) is 1. The van der Waals surface area contributed by atoms with Crippen molar-refractivity contribution in [3.8, 4) is 11.8 Å². The van der Waals surface area contributed by atoms with Crippen LogP contribution >= 0.6 is 0 Å². The van der Waals surface area contributed by atoms with Crippen LogP contribution in [-0.2, 0) is 9.59 Å². The molecule has 1 aliphatic heterocycles. The van der Waals surface area contributed by atoms with Gasteiger partial charge in [0.2, 0.25) is 11.8 Å². The van der Waals surface area contributed by atoms with Crippen molar-refractivity contribution in [2.45, 2.75) is 33.1 Å². The molecule has 0 aliphatic carbocycles. The first-order chi connectivity index (χ1) is 7.17. The lowest BCUT2D eigenvalue weighted by molar-refractivity contribution is -0.138. The maximum absolute atomic E-state index is 11.4. The minimum absolute atomic E-state index is 0.0489. The molecule has 0 aromatic carbocycles. The first-order valence-corrected chi connectivity index (χ1v) is 5.19. The number of rotatable bonds is 3. The standard InChI is InChI=1S/C11H16N2O2/c1-3-5-9-7-11(15)13(8-9)12-10(14)6-4-2/h9H,4,6-8H2,1-2H3,(H,12,14). The summed E-state index contributed by atoms with van der Waals surface area (Å²) < 4.78 is 0. The molecule has 0 spiro atoms. The predicted molar refractivity (Wildman–Crippen MR) is 56.3 cm³/mol. The van der Waals surface area contributed by atoms with Gasteiger partial charge in [-0.05, 0) is 13.3 Å². The Hall–Kier alpha value is -1.50. The van der Waals surface area contributed by atoms with Gasteiger partial charge in [0.25, 0.3) is 0 Å². The summed E-state index contributed by atoms with van der Waals surface area (Å²) >= 11 is 0. The second-order valence-corrected chi connectivity index (χ2v) is 3.58. The molecule has 4 heteroatoms. The summed E-state index contributed by atoms with van der Waals surface area (Å²) in [5.74, 6) is 5.64. The number of hydrogen-bond acceptors (Lipinski definition) is 2. The second kappa shape index (κ2) is 5.40. The molecule has 1 heterocycles. The molecule has 0 aromatic rings. The molecule has 15 heavy (non-hydrogen) atoms. The normalized spacial score (nSPS) is 19.7. The molecule has 4 nitrogen and oxygen atoms in total. The molecule has 1 saturated heterocycles. The van der Waals surface area contributed by atoms with Crippen LogP contribution in [-0.4, -0.2) is 23.4 Å². The maximum atomic E-state index is 11.4. The predicted octanol–water partition coefficient (Wildman–Crippen LogP) is 0.689. The highest BCUT2D eigenvalue weighted by Crippen LogP contribution is 2.14.